The maximum atomic E-state index is 12.3. The van der Waals surface area contributed by atoms with Crippen molar-refractivity contribution in [3.8, 4) is 5.75 Å². The smallest absolute Gasteiger partial charge is 0.223 e. The number of hydrogen-bond acceptors (Lipinski definition) is 3. The lowest BCUT2D eigenvalue weighted by atomic mass is 10.1. The first-order valence-corrected chi connectivity index (χ1v) is 9.82. The first-order chi connectivity index (χ1) is 13.0. The fourth-order valence-electron chi connectivity index (χ4n) is 3.63. The summed E-state index contributed by atoms with van der Waals surface area (Å²) in [7, 11) is 0. The van der Waals surface area contributed by atoms with Crippen molar-refractivity contribution in [3.63, 3.8) is 0 Å². The van der Waals surface area contributed by atoms with Crippen LogP contribution >= 0.6 is 0 Å². The summed E-state index contributed by atoms with van der Waals surface area (Å²) >= 11 is 0. The van der Waals surface area contributed by atoms with E-state index < -0.39 is 0 Å². The molecule has 2 aromatic rings. The van der Waals surface area contributed by atoms with Gasteiger partial charge in [-0.2, -0.15) is 0 Å². The van der Waals surface area contributed by atoms with Crippen LogP contribution in [0.2, 0.25) is 0 Å². The summed E-state index contributed by atoms with van der Waals surface area (Å²) in [4.78, 5) is 14.7. The number of carbonyl (C=O) groups excluding carboxylic acids is 1. The Kier molecular flexibility index (Phi) is 6.51. The average Bonchev–Trinajstić information content (AvgIpc) is 3.13. The van der Waals surface area contributed by atoms with Gasteiger partial charge in [-0.25, -0.2) is 0 Å². The zero-order chi connectivity index (χ0) is 19.2. The molecule has 0 spiro atoms. The largest absolute Gasteiger partial charge is 0.493 e. The number of rotatable bonds is 7. The molecule has 2 aromatic carbocycles. The third-order valence-electron chi connectivity index (χ3n) is 5.56. The fourth-order valence-corrected chi connectivity index (χ4v) is 3.63. The molecule has 1 amide bonds. The zero-order valence-corrected chi connectivity index (χ0v) is 16.6. The van der Waals surface area contributed by atoms with Crippen molar-refractivity contribution in [2.24, 2.45) is 0 Å². The van der Waals surface area contributed by atoms with Gasteiger partial charge in [0.25, 0.3) is 0 Å². The molecule has 0 saturated carbocycles. The highest BCUT2D eigenvalue weighted by Gasteiger charge is 2.27. The van der Waals surface area contributed by atoms with Gasteiger partial charge in [-0.15, -0.1) is 0 Å². The van der Waals surface area contributed by atoms with E-state index in [0.717, 1.165) is 30.8 Å². The van der Waals surface area contributed by atoms with Gasteiger partial charge >= 0.3 is 0 Å². The molecular weight excluding hydrogens is 336 g/mol. The molecular formula is C23H30N2O2. The van der Waals surface area contributed by atoms with Gasteiger partial charge in [0.1, 0.15) is 5.75 Å². The van der Waals surface area contributed by atoms with Gasteiger partial charge < -0.3 is 10.1 Å². The number of benzene rings is 2. The van der Waals surface area contributed by atoms with Crippen LogP contribution in [0, 0.1) is 13.8 Å². The summed E-state index contributed by atoms with van der Waals surface area (Å²) < 4.78 is 5.80. The molecule has 3 rings (SSSR count). The zero-order valence-electron chi connectivity index (χ0n) is 16.6. The highest BCUT2D eigenvalue weighted by atomic mass is 16.5. The Balaban J connectivity index is 1.42. The molecule has 1 aliphatic rings. The van der Waals surface area contributed by atoms with E-state index in [1.165, 1.54) is 11.1 Å². The minimum absolute atomic E-state index is 0.0690. The highest BCUT2D eigenvalue weighted by Crippen LogP contribution is 2.24. The Morgan fingerprint density at radius 1 is 1.19 bits per heavy atom. The lowest BCUT2D eigenvalue weighted by Gasteiger charge is -2.24. The van der Waals surface area contributed by atoms with Crippen molar-refractivity contribution in [1.29, 1.82) is 0 Å². The van der Waals surface area contributed by atoms with Gasteiger partial charge in [-0.1, -0.05) is 42.5 Å². The predicted molar refractivity (Wildman–Crippen MR) is 109 cm³/mol. The second kappa shape index (κ2) is 9.05. The highest BCUT2D eigenvalue weighted by molar-refractivity contribution is 5.76. The van der Waals surface area contributed by atoms with Gasteiger partial charge in [0.2, 0.25) is 5.91 Å². The van der Waals surface area contributed by atoms with Gasteiger partial charge in [0.05, 0.1) is 13.0 Å². The molecule has 1 aliphatic heterocycles. The molecule has 4 nitrogen and oxygen atoms in total. The van der Waals surface area contributed by atoms with Crippen LogP contribution in [0.3, 0.4) is 0 Å². The third-order valence-corrected chi connectivity index (χ3v) is 5.56. The summed E-state index contributed by atoms with van der Waals surface area (Å²) in [6, 6.07) is 17.2. The van der Waals surface area contributed by atoms with Crippen molar-refractivity contribution in [2.75, 3.05) is 19.7 Å². The van der Waals surface area contributed by atoms with E-state index in [1.807, 2.05) is 25.1 Å². The van der Waals surface area contributed by atoms with Crippen molar-refractivity contribution >= 4 is 5.91 Å². The molecule has 1 heterocycles. The van der Waals surface area contributed by atoms with Crippen LogP contribution in [0.1, 0.15) is 42.5 Å². The minimum atomic E-state index is 0.0690. The maximum Gasteiger partial charge on any atom is 0.223 e. The van der Waals surface area contributed by atoms with Gasteiger partial charge in [-0.05, 0) is 49.9 Å². The van der Waals surface area contributed by atoms with E-state index in [9.17, 15) is 4.79 Å². The minimum Gasteiger partial charge on any atom is -0.493 e. The number of ether oxygens (including phenoxy) is 1. The number of amides is 1. The van der Waals surface area contributed by atoms with Crippen LogP contribution in [0.25, 0.3) is 0 Å². The first kappa shape index (κ1) is 19.4. The lowest BCUT2D eigenvalue weighted by Crippen LogP contribution is -2.38. The van der Waals surface area contributed by atoms with E-state index in [2.05, 4.69) is 54.4 Å². The fraction of sp³-hybridized carbons (Fsp3) is 0.435. The molecule has 4 heteroatoms. The number of hydrogen-bond donors (Lipinski definition) is 1. The second-order valence-corrected chi connectivity index (χ2v) is 7.43. The normalized spacial score (nSPS) is 18.3. The summed E-state index contributed by atoms with van der Waals surface area (Å²) in [5.41, 5.74) is 3.67. The number of nitrogens with zero attached hydrogens (tertiary/aromatic N) is 1. The topological polar surface area (TPSA) is 41.6 Å². The molecule has 0 radical (unpaired) electrons. The van der Waals surface area contributed by atoms with E-state index in [4.69, 9.17) is 4.74 Å². The quantitative estimate of drug-likeness (QED) is 0.805. The Hall–Kier alpha value is -2.33. The van der Waals surface area contributed by atoms with Crippen LogP contribution in [0.4, 0.5) is 0 Å². The van der Waals surface area contributed by atoms with Crippen LogP contribution in [-0.2, 0) is 4.79 Å². The first-order valence-electron chi connectivity index (χ1n) is 9.82. The van der Waals surface area contributed by atoms with E-state index in [-0.39, 0.29) is 11.9 Å². The molecule has 0 aliphatic carbocycles. The molecule has 1 fully saturated rings. The van der Waals surface area contributed by atoms with Crippen molar-refractivity contribution in [3.05, 3.63) is 65.2 Å². The molecule has 2 unspecified atom stereocenters. The number of likely N-dealkylation sites (tertiary alicyclic amines) is 1. The maximum absolute atomic E-state index is 12.3. The van der Waals surface area contributed by atoms with E-state index >= 15 is 0 Å². The van der Waals surface area contributed by atoms with Crippen LogP contribution in [0.5, 0.6) is 5.75 Å². The van der Waals surface area contributed by atoms with Crippen molar-refractivity contribution in [2.45, 2.75) is 45.7 Å². The lowest BCUT2D eigenvalue weighted by molar-refractivity contribution is -0.122. The predicted octanol–water partition coefficient (Wildman–Crippen LogP) is 4.02. The Morgan fingerprint density at radius 2 is 1.96 bits per heavy atom. The monoisotopic (exact) mass is 366 g/mol. The van der Waals surface area contributed by atoms with E-state index in [0.29, 0.717) is 19.1 Å². The third kappa shape index (κ3) is 5.10. The Morgan fingerprint density at radius 3 is 2.74 bits per heavy atom. The standard InChI is InChI=1S/C23H30N2O2/c1-17-8-7-11-22(18(17)2)27-15-13-23(26)24-21-12-14-25(16-21)19(3)20-9-5-4-6-10-20/h4-11,19,21H,12-16H2,1-3H3,(H,24,26). The van der Waals surface area contributed by atoms with Crippen molar-refractivity contribution < 1.29 is 9.53 Å². The van der Waals surface area contributed by atoms with Crippen LogP contribution < -0.4 is 10.1 Å². The SMILES string of the molecule is Cc1cccc(OCCC(=O)NC2CCN(C(C)c3ccccc3)C2)c1C. The van der Waals surface area contributed by atoms with Gasteiger partial charge in [0.15, 0.2) is 0 Å². The number of carbonyl (C=O) groups is 1. The van der Waals surface area contributed by atoms with Crippen molar-refractivity contribution in [1.82, 2.24) is 10.2 Å². The Bertz CT molecular complexity index is 760. The molecule has 1 saturated heterocycles. The Labute approximate surface area is 162 Å². The number of nitrogens with one attached hydrogen (secondary N) is 1. The molecule has 1 N–H and O–H groups in total. The second-order valence-electron chi connectivity index (χ2n) is 7.43. The van der Waals surface area contributed by atoms with Gasteiger partial charge in [0, 0.05) is 25.2 Å². The summed E-state index contributed by atoms with van der Waals surface area (Å²) in [6.45, 7) is 8.67. The van der Waals surface area contributed by atoms with E-state index in [1.54, 1.807) is 0 Å². The number of aryl methyl sites for hydroxylation is 1. The van der Waals surface area contributed by atoms with Crippen LogP contribution in [-0.4, -0.2) is 36.5 Å². The van der Waals surface area contributed by atoms with Crippen LogP contribution in [0.15, 0.2) is 48.5 Å². The molecule has 0 aromatic heterocycles. The summed E-state index contributed by atoms with van der Waals surface area (Å²) in [5.74, 6) is 0.936. The summed E-state index contributed by atoms with van der Waals surface area (Å²) in [6.07, 6.45) is 1.39. The summed E-state index contributed by atoms with van der Waals surface area (Å²) in [5, 5.41) is 3.17. The average molecular weight is 367 g/mol. The molecule has 0 bridgehead atoms. The van der Waals surface area contributed by atoms with Gasteiger partial charge in [-0.3, -0.25) is 9.69 Å². The molecule has 27 heavy (non-hydrogen) atoms. The molecule has 144 valence electrons. The molecule has 2 atom stereocenters.